The molecule has 0 saturated carbocycles. The molecule has 1 amide bonds. The van der Waals surface area contributed by atoms with Crippen molar-refractivity contribution in [3.8, 4) is 11.3 Å². The second-order valence-corrected chi connectivity index (χ2v) is 7.36. The van der Waals surface area contributed by atoms with Crippen LogP contribution in [0.4, 0.5) is 5.13 Å². The summed E-state index contributed by atoms with van der Waals surface area (Å²) >= 11 is 1.35. The number of thiazole rings is 1. The van der Waals surface area contributed by atoms with Gasteiger partial charge in [-0.05, 0) is 18.2 Å². The van der Waals surface area contributed by atoms with Crippen LogP contribution >= 0.6 is 11.3 Å². The van der Waals surface area contributed by atoms with Crippen LogP contribution in [-0.4, -0.2) is 25.4 Å². The lowest BCUT2D eigenvalue weighted by molar-refractivity contribution is -0.116. The van der Waals surface area contributed by atoms with Gasteiger partial charge in [0.2, 0.25) is 5.91 Å². The maximum atomic E-state index is 12.6. The van der Waals surface area contributed by atoms with Gasteiger partial charge in [-0.1, -0.05) is 30.3 Å². The van der Waals surface area contributed by atoms with Gasteiger partial charge in [-0.3, -0.25) is 14.2 Å². The Kier molecular flexibility index (Phi) is 4.18. The quantitative estimate of drug-likeness (QED) is 0.481. The first-order valence-electron chi connectivity index (χ1n) is 8.95. The number of aromatic amines is 1. The Morgan fingerprint density at radius 1 is 1.14 bits per heavy atom. The number of anilines is 1. The Labute approximate surface area is 168 Å². The van der Waals surface area contributed by atoms with Crippen molar-refractivity contribution in [3.05, 3.63) is 76.7 Å². The number of hydrogen-bond donors (Lipinski definition) is 2. The number of aromatic nitrogens is 4. The average Bonchev–Trinajstić information content (AvgIpc) is 3.37. The summed E-state index contributed by atoms with van der Waals surface area (Å²) in [6.07, 6.45) is 3.14. The number of fused-ring (bicyclic) bond motifs is 2. The summed E-state index contributed by atoms with van der Waals surface area (Å²) in [4.78, 5) is 36.6. The third-order valence-electron chi connectivity index (χ3n) is 4.67. The number of hydrogen-bond acceptors (Lipinski definition) is 5. The molecule has 0 bridgehead atoms. The first-order valence-corrected chi connectivity index (χ1v) is 9.83. The van der Waals surface area contributed by atoms with Gasteiger partial charge in [-0.2, -0.15) is 0 Å². The minimum atomic E-state index is -0.322. The number of H-pyrrole nitrogens is 1. The zero-order valence-electron chi connectivity index (χ0n) is 15.1. The molecule has 0 fully saturated rings. The molecule has 5 rings (SSSR count). The van der Waals surface area contributed by atoms with Crippen molar-refractivity contribution in [3.63, 3.8) is 0 Å². The Bertz CT molecular complexity index is 1420. The van der Waals surface area contributed by atoms with E-state index in [2.05, 4.69) is 20.3 Å². The van der Waals surface area contributed by atoms with E-state index in [9.17, 15) is 9.59 Å². The minimum Gasteiger partial charge on any atom is -0.360 e. The SMILES string of the molecule is O=C(Cn1c(=O)cnc2ccccc21)Nc1nc(-c2c[nH]c3ccccc23)cs1. The minimum absolute atomic E-state index is 0.107. The fourth-order valence-electron chi connectivity index (χ4n) is 3.32. The van der Waals surface area contributed by atoms with Gasteiger partial charge >= 0.3 is 0 Å². The van der Waals surface area contributed by atoms with Crippen molar-refractivity contribution in [2.75, 3.05) is 5.32 Å². The van der Waals surface area contributed by atoms with Crippen LogP contribution in [0.15, 0.2) is 71.1 Å². The van der Waals surface area contributed by atoms with Crippen LogP contribution < -0.4 is 10.9 Å². The first kappa shape index (κ1) is 17.3. The number of carbonyl (C=O) groups is 1. The molecule has 0 aliphatic heterocycles. The second kappa shape index (κ2) is 6.99. The van der Waals surface area contributed by atoms with Crippen LogP contribution in [0, 0.1) is 0 Å². The highest BCUT2D eigenvalue weighted by Gasteiger charge is 2.13. The molecule has 0 atom stereocenters. The van der Waals surface area contributed by atoms with E-state index < -0.39 is 0 Å². The van der Waals surface area contributed by atoms with Crippen molar-refractivity contribution in [2.45, 2.75) is 6.54 Å². The Hall–Kier alpha value is -3.78. The fraction of sp³-hybridized carbons (Fsp3) is 0.0476. The number of carbonyl (C=O) groups excluding carboxylic acids is 1. The molecule has 0 unspecified atom stereocenters. The Morgan fingerprint density at radius 2 is 1.97 bits per heavy atom. The number of benzene rings is 2. The van der Waals surface area contributed by atoms with Crippen LogP contribution in [0.2, 0.25) is 0 Å². The molecule has 3 aromatic heterocycles. The predicted octanol–water partition coefficient (Wildman–Crippen LogP) is 3.64. The van der Waals surface area contributed by atoms with E-state index in [-0.39, 0.29) is 18.0 Å². The highest BCUT2D eigenvalue weighted by atomic mass is 32.1. The molecule has 0 saturated heterocycles. The summed E-state index contributed by atoms with van der Waals surface area (Å²) in [5, 5.41) is 6.26. The highest BCUT2D eigenvalue weighted by Crippen LogP contribution is 2.30. The molecule has 0 radical (unpaired) electrons. The Morgan fingerprint density at radius 3 is 2.90 bits per heavy atom. The molecule has 8 heteroatoms. The van der Waals surface area contributed by atoms with Crippen LogP contribution in [-0.2, 0) is 11.3 Å². The predicted molar refractivity (Wildman–Crippen MR) is 114 cm³/mol. The zero-order chi connectivity index (χ0) is 19.8. The van der Waals surface area contributed by atoms with Gasteiger partial charge in [-0.25, -0.2) is 9.97 Å². The monoisotopic (exact) mass is 401 g/mol. The van der Waals surface area contributed by atoms with Gasteiger partial charge in [0.05, 0.1) is 22.9 Å². The number of amides is 1. The van der Waals surface area contributed by atoms with Gasteiger partial charge < -0.3 is 10.3 Å². The van der Waals surface area contributed by atoms with Crippen molar-refractivity contribution in [1.82, 2.24) is 19.5 Å². The first-order chi connectivity index (χ1) is 14.2. The van der Waals surface area contributed by atoms with E-state index in [0.29, 0.717) is 16.2 Å². The van der Waals surface area contributed by atoms with E-state index in [1.807, 2.05) is 48.0 Å². The lowest BCUT2D eigenvalue weighted by Gasteiger charge is -2.08. The van der Waals surface area contributed by atoms with Gasteiger partial charge in [0.1, 0.15) is 6.54 Å². The lowest BCUT2D eigenvalue weighted by Crippen LogP contribution is -2.27. The Balaban J connectivity index is 1.39. The summed E-state index contributed by atoms with van der Waals surface area (Å²) in [5.41, 5.74) is 3.76. The van der Waals surface area contributed by atoms with Crippen molar-refractivity contribution in [2.24, 2.45) is 0 Å². The number of nitrogens with one attached hydrogen (secondary N) is 2. The van der Waals surface area contributed by atoms with E-state index in [0.717, 1.165) is 22.2 Å². The van der Waals surface area contributed by atoms with Crippen LogP contribution in [0.3, 0.4) is 0 Å². The zero-order valence-corrected chi connectivity index (χ0v) is 15.9. The topological polar surface area (TPSA) is 92.7 Å². The molecule has 5 aromatic rings. The highest BCUT2D eigenvalue weighted by molar-refractivity contribution is 7.14. The van der Waals surface area contributed by atoms with Crippen LogP contribution in [0.25, 0.3) is 33.2 Å². The van der Waals surface area contributed by atoms with E-state index in [1.54, 1.807) is 12.1 Å². The van der Waals surface area contributed by atoms with Gasteiger partial charge in [0.15, 0.2) is 5.13 Å². The van der Waals surface area contributed by atoms with E-state index in [4.69, 9.17) is 0 Å². The van der Waals surface area contributed by atoms with Gasteiger partial charge in [-0.15, -0.1) is 11.3 Å². The van der Waals surface area contributed by atoms with Crippen molar-refractivity contribution in [1.29, 1.82) is 0 Å². The van der Waals surface area contributed by atoms with Crippen molar-refractivity contribution >= 4 is 44.3 Å². The second-order valence-electron chi connectivity index (χ2n) is 6.51. The molecule has 2 aromatic carbocycles. The molecule has 142 valence electrons. The average molecular weight is 401 g/mol. The molecule has 0 aliphatic rings. The third-order valence-corrected chi connectivity index (χ3v) is 5.43. The normalized spacial score (nSPS) is 11.2. The summed E-state index contributed by atoms with van der Waals surface area (Å²) in [7, 11) is 0. The summed E-state index contributed by atoms with van der Waals surface area (Å²) in [6, 6.07) is 15.2. The van der Waals surface area contributed by atoms with Crippen molar-refractivity contribution < 1.29 is 4.79 Å². The molecular weight excluding hydrogens is 386 g/mol. The van der Waals surface area contributed by atoms with Crippen LogP contribution in [0.1, 0.15) is 0 Å². The largest absolute Gasteiger partial charge is 0.360 e. The maximum absolute atomic E-state index is 12.6. The lowest BCUT2D eigenvalue weighted by atomic mass is 10.1. The summed E-state index contributed by atoms with van der Waals surface area (Å²) in [6.45, 7) is -0.107. The van der Waals surface area contributed by atoms with Gasteiger partial charge in [0.25, 0.3) is 5.56 Å². The molecular formula is C21H15N5O2S. The fourth-order valence-corrected chi connectivity index (χ4v) is 4.05. The van der Waals surface area contributed by atoms with E-state index in [1.165, 1.54) is 22.1 Å². The van der Waals surface area contributed by atoms with Gasteiger partial charge in [0, 0.05) is 28.0 Å². The van der Waals surface area contributed by atoms with E-state index >= 15 is 0 Å². The standard InChI is InChI=1S/C21H15N5O2S/c27-19(11-26-18-8-4-3-7-16(18)23-10-20(26)28)25-21-24-17(12-29-21)14-9-22-15-6-2-1-5-13(14)15/h1-10,12,22H,11H2,(H,24,25,27). The molecule has 7 nitrogen and oxygen atoms in total. The number of rotatable bonds is 4. The number of para-hydroxylation sites is 3. The van der Waals surface area contributed by atoms with Crippen LogP contribution in [0.5, 0.6) is 0 Å². The maximum Gasteiger partial charge on any atom is 0.269 e. The summed E-state index contributed by atoms with van der Waals surface area (Å²) < 4.78 is 1.41. The third kappa shape index (κ3) is 3.19. The molecule has 0 spiro atoms. The molecule has 0 aliphatic carbocycles. The summed E-state index contributed by atoms with van der Waals surface area (Å²) in [5.74, 6) is -0.316. The number of nitrogens with zero attached hydrogens (tertiary/aromatic N) is 3. The molecule has 3 heterocycles. The molecule has 29 heavy (non-hydrogen) atoms. The smallest absolute Gasteiger partial charge is 0.269 e. The molecule has 2 N–H and O–H groups in total.